The Hall–Kier alpha value is -2.95. The minimum absolute atomic E-state index is 0.0124. The third-order valence-electron chi connectivity index (χ3n) is 2.89. The molecule has 3 aromatic rings. The topological polar surface area (TPSA) is 78.9 Å². The quantitative estimate of drug-likeness (QED) is 0.763. The van der Waals surface area contributed by atoms with Crippen molar-refractivity contribution >= 4 is 5.97 Å². The van der Waals surface area contributed by atoms with Crippen LogP contribution in [0, 0.1) is 0 Å². The number of aromatic amines is 1. The first kappa shape index (κ1) is 12.1. The fraction of sp³-hybridized carbons (Fsp3) is 0. The van der Waals surface area contributed by atoms with Gasteiger partial charge in [0.05, 0.1) is 17.1 Å². The van der Waals surface area contributed by atoms with E-state index in [0.29, 0.717) is 11.4 Å². The summed E-state index contributed by atoms with van der Waals surface area (Å²) in [5.74, 6) is -1.05. The maximum atomic E-state index is 10.9. The lowest BCUT2D eigenvalue weighted by atomic mass is 10.1. The van der Waals surface area contributed by atoms with Crippen molar-refractivity contribution in [3.63, 3.8) is 0 Å². The van der Waals surface area contributed by atoms with Crippen molar-refractivity contribution in [1.29, 1.82) is 0 Å². The molecular formula is C15H11N3O2. The molecular weight excluding hydrogens is 254 g/mol. The van der Waals surface area contributed by atoms with Crippen LogP contribution in [0.4, 0.5) is 0 Å². The maximum absolute atomic E-state index is 10.9. The number of carboxylic acids is 1. The number of carbonyl (C=O) groups is 1. The first-order valence-corrected chi connectivity index (χ1v) is 6.05. The number of H-pyrrole nitrogens is 1. The first-order chi connectivity index (χ1) is 9.74. The first-order valence-electron chi connectivity index (χ1n) is 6.05. The van der Waals surface area contributed by atoms with Gasteiger partial charge < -0.3 is 5.11 Å². The minimum Gasteiger partial charge on any atom is -0.477 e. The third-order valence-corrected chi connectivity index (χ3v) is 2.89. The molecule has 98 valence electrons. The number of nitrogens with zero attached hydrogens (tertiary/aromatic N) is 2. The zero-order valence-electron chi connectivity index (χ0n) is 10.4. The Morgan fingerprint density at radius 1 is 1.00 bits per heavy atom. The van der Waals surface area contributed by atoms with E-state index in [-0.39, 0.29) is 5.69 Å². The van der Waals surface area contributed by atoms with E-state index in [9.17, 15) is 4.79 Å². The van der Waals surface area contributed by atoms with Gasteiger partial charge in [-0.3, -0.25) is 5.10 Å². The van der Waals surface area contributed by atoms with Crippen LogP contribution < -0.4 is 0 Å². The van der Waals surface area contributed by atoms with Crippen molar-refractivity contribution in [3.8, 4) is 22.6 Å². The average Bonchev–Trinajstić information content (AvgIpc) is 2.98. The van der Waals surface area contributed by atoms with Gasteiger partial charge in [0.15, 0.2) is 0 Å². The summed E-state index contributed by atoms with van der Waals surface area (Å²) in [4.78, 5) is 15.0. The van der Waals surface area contributed by atoms with Crippen LogP contribution in [0.3, 0.4) is 0 Å². The number of rotatable bonds is 3. The highest BCUT2D eigenvalue weighted by atomic mass is 16.4. The van der Waals surface area contributed by atoms with Crippen LogP contribution in [-0.4, -0.2) is 26.3 Å². The van der Waals surface area contributed by atoms with Crippen molar-refractivity contribution in [2.45, 2.75) is 0 Å². The second-order valence-corrected chi connectivity index (χ2v) is 4.25. The highest BCUT2D eigenvalue weighted by Crippen LogP contribution is 2.22. The number of hydrogen-bond donors (Lipinski definition) is 2. The van der Waals surface area contributed by atoms with E-state index < -0.39 is 5.97 Å². The van der Waals surface area contributed by atoms with Gasteiger partial charge >= 0.3 is 5.97 Å². The van der Waals surface area contributed by atoms with Crippen molar-refractivity contribution in [2.24, 2.45) is 0 Å². The Labute approximate surface area is 114 Å². The Kier molecular flexibility index (Phi) is 3.01. The van der Waals surface area contributed by atoms with Gasteiger partial charge in [0, 0.05) is 5.56 Å². The van der Waals surface area contributed by atoms with Gasteiger partial charge in [-0.1, -0.05) is 36.4 Å². The molecule has 0 unspecified atom stereocenters. The molecule has 2 heterocycles. The molecule has 1 aromatic carbocycles. The molecule has 0 radical (unpaired) electrons. The van der Waals surface area contributed by atoms with E-state index in [2.05, 4.69) is 15.2 Å². The molecule has 0 aliphatic heterocycles. The number of pyridine rings is 1. The Morgan fingerprint density at radius 3 is 2.55 bits per heavy atom. The largest absolute Gasteiger partial charge is 0.477 e. The van der Waals surface area contributed by atoms with Crippen molar-refractivity contribution in [3.05, 3.63) is 60.3 Å². The summed E-state index contributed by atoms with van der Waals surface area (Å²) in [7, 11) is 0. The lowest BCUT2D eigenvalue weighted by molar-refractivity contribution is 0.0690. The smallest absolute Gasteiger partial charge is 0.354 e. The van der Waals surface area contributed by atoms with Gasteiger partial charge in [-0.05, 0) is 18.2 Å². The van der Waals surface area contributed by atoms with Crippen LogP contribution >= 0.6 is 0 Å². The van der Waals surface area contributed by atoms with E-state index in [1.54, 1.807) is 12.1 Å². The highest BCUT2D eigenvalue weighted by molar-refractivity contribution is 5.86. The monoisotopic (exact) mass is 265 g/mol. The molecule has 0 amide bonds. The van der Waals surface area contributed by atoms with Crippen LogP contribution in [0.2, 0.25) is 0 Å². The molecule has 2 N–H and O–H groups in total. The van der Waals surface area contributed by atoms with Gasteiger partial charge in [0.1, 0.15) is 5.69 Å². The zero-order chi connectivity index (χ0) is 13.9. The molecule has 2 aromatic heterocycles. The van der Waals surface area contributed by atoms with Gasteiger partial charge in [0.2, 0.25) is 0 Å². The van der Waals surface area contributed by atoms with Crippen LogP contribution in [0.25, 0.3) is 22.6 Å². The summed E-state index contributed by atoms with van der Waals surface area (Å²) in [6, 6.07) is 16.4. The second kappa shape index (κ2) is 4.97. The predicted molar refractivity (Wildman–Crippen MR) is 74.2 cm³/mol. The van der Waals surface area contributed by atoms with Crippen molar-refractivity contribution < 1.29 is 9.90 Å². The fourth-order valence-electron chi connectivity index (χ4n) is 1.91. The molecule has 0 aliphatic carbocycles. The van der Waals surface area contributed by atoms with E-state index in [0.717, 1.165) is 11.3 Å². The lowest BCUT2D eigenvalue weighted by Crippen LogP contribution is -2.00. The lowest BCUT2D eigenvalue weighted by Gasteiger charge is -1.98. The van der Waals surface area contributed by atoms with Gasteiger partial charge in [-0.2, -0.15) is 5.10 Å². The molecule has 5 heteroatoms. The second-order valence-electron chi connectivity index (χ2n) is 4.25. The third kappa shape index (κ3) is 2.29. The van der Waals surface area contributed by atoms with Crippen LogP contribution in [-0.2, 0) is 0 Å². The molecule has 0 atom stereocenters. The molecule has 0 saturated carbocycles. The maximum Gasteiger partial charge on any atom is 0.354 e. The summed E-state index contributed by atoms with van der Waals surface area (Å²) in [5, 5.41) is 16.1. The van der Waals surface area contributed by atoms with Crippen LogP contribution in [0.1, 0.15) is 10.5 Å². The molecule has 0 bridgehead atoms. The fourth-order valence-corrected chi connectivity index (χ4v) is 1.91. The number of carboxylic acid groups (broad SMARTS) is 1. The molecule has 0 spiro atoms. The number of aromatic carboxylic acids is 1. The Bertz CT molecular complexity index is 751. The SMILES string of the molecule is O=C(O)c1cccc(-c2cc(-c3ccccc3)n[nH]2)n1. The standard InChI is InChI=1S/C15H11N3O2/c19-15(20)12-8-4-7-11(16-12)14-9-13(17-18-14)10-5-2-1-3-6-10/h1-9H,(H,17,18)(H,19,20). The zero-order valence-corrected chi connectivity index (χ0v) is 10.4. The summed E-state index contributed by atoms with van der Waals surface area (Å²) in [5.41, 5.74) is 3.04. The number of hydrogen-bond acceptors (Lipinski definition) is 3. The number of nitrogens with one attached hydrogen (secondary N) is 1. The van der Waals surface area contributed by atoms with Gasteiger partial charge in [0.25, 0.3) is 0 Å². The van der Waals surface area contributed by atoms with Crippen LogP contribution in [0.5, 0.6) is 0 Å². The molecule has 0 aliphatic rings. The average molecular weight is 265 g/mol. The van der Waals surface area contributed by atoms with E-state index >= 15 is 0 Å². The minimum atomic E-state index is -1.05. The molecule has 3 rings (SSSR count). The molecule has 20 heavy (non-hydrogen) atoms. The Balaban J connectivity index is 1.98. The summed E-state index contributed by atoms with van der Waals surface area (Å²) in [6.45, 7) is 0. The van der Waals surface area contributed by atoms with Crippen molar-refractivity contribution in [2.75, 3.05) is 0 Å². The summed E-state index contributed by atoms with van der Waals surface area (Å²) < 4.78 is 0. The van der Waals surface area contributed by atoms with E-state index in [4.69, 9.17) is 5.11 Å². The molecule has 5 nitrogen and oxygen atoms in total. The van der Waals surface area contributed by atoms with E-state index in [1.807, 2.05) is 36.4 Å². The summed E-state index contributed by atoms with van der Waals surface area (Å²) >= 11 is 0. The number of aromatic nitrogens is 3. The Morgan fingerprint density at radius 2 is 1.80 bits per heavy atom. The molecule has 0 saturated heterocycles. The van der Waals surface area contributed by atoms with Gasteiger partial charge in [-0.25, -0.2) is 9.78 Å². The normalized spacial score (nSPS) is 10.4. The summed E-state index contributed by atoms with van der Waals surface area (Å²) in [6.07, 6.45) is 0. The van der Waals surface area contributed by atoms with Crippen molar-refractivity contribution in [1.82, 2.24) is 15.2 Å². The van der Waals surface area contributed by atoms with E-state index in [1.165, 1.54) is 6.07 Å². The van der Waals surface area contributed by atoms with Crippen LogP contribution in [0.15, 0.2) is 54.6 Å². The number of benzene rings is 1. The highest BCUT2D eigenvalue weighted by Gasteiger charge is 2.09. The molecule has 0 fully saturated rings. The van der Waals surface area contributed by atoms with Gasteiger partial charge in [-0.15, -0.1) is 0 Å². The predicted octanol–water partition coefficient (Wildman–Crippen LogP) is 2.84.